The molecule has 3 N–H and O–H groups in total. The highest BCUT2D eigenvalue weighted by atomic mass is 35.5. The van der Waals surface area contributed by atoms with Crippen molar-refractivity contribution in [2.24, 2.45) is 5.84 Å². The van der Waals surface area contributed by atoms with E-state index in [1.165, 1.54) is 6.20 Å². The summed E-state index contributed by atoms with van der Waals surface area (Å²) < 4.78 is 0. The van der Waals surface area contributed by atoms with Gasteiger partial charge in [0.1, 0.15) is 5.69 Å². The zero-order valence-electron chi connectivity index (χ0n) is 6.14. The molecular formula is C6H4Cl3N3O. The van der Waals surface area contributed by atoms with Gasteiger partial charge in [-0.25, -0.2) is 10.8 Å². The minimum Gasteiger partial charge on any atom is -0.289 e. The van der Waals surface area contributed by atoms with Crippen LogP contribution in [-0.2, 0) is 0 Å². The molecule has 0 radical (unpaired) electrons. The lowest BCUT2D eigenvalue weighted by molar-refractivity contribution is 0.0949. The van der Waals surface area contributed by atoms with Gasteiger partial charge in [0, 0.05) is 6.20 Å². The molecule has 0 aromatic carbocycles. The monoisotopic (exact) mass is 239 g/mol. The molecule has 13 heavy (non-hydrogen) atoms. The predicted molar refractivity (Wildman–Crippen MR) is 50.9 cm³/mol. The summed E-state index contributed by atoms with van der Waals surface area (Å²) in [6.07, 6.45) is 1.22. The van der Waals surface area contributed by atoms with Crippen molar-refractivity contribution in [2.75, 3.05) is 0 Å². The predicted octanol–water partition coefficient (Wildman–Crippen LogP) is 1.65. The van der Waals surface area contributed by atoms with E-state index in [1.54, 1.807) is 0 Å². The molecule has 1 amide bonds. The average molecular weight is 240 g/mol. The van der Waals surface area contributed by atoms with Gasteiger partial charge >= 0.3 is 0 Å². The SMILES string of the molecule is NNC(=O)c1ncc(Cl)c(Cl)c1Cl. The number of carbonyl (C=O) groups excluding carboxylic acids is 1. The molecule has 0 bridgehead atoms. The summed E-state index contributed by atoms with van der Waals surface area (Å²) in [5.74, 6) is 4.27. The summed E-state index contributed by atoms with van der Waals surface area (Å²) in [4.78, 5) is 14.7. The summed E-state index contributed by atoms with van der Waals surface area (Å²) in [5, 5.41) is 0.245. The van der Waals surface area contributed by atoms with Crippen LogP contribution in [0.4, 0.5) is 0 Å². The first kappa shape index (κ1) is 10.5. The smallest absolute Gasteiger partial charge is 0.285 e. The molecule has 0 spiro atoms. The highest BCUT2D eigenvalue weighted by Crippen LogP contribution is 2.30. The van der Waals surface area contributed by atoms with Crippen molar-refractivity contribution in [3.8, 4) is 0 Å². The number of carbonyl (C=O) groups is 1. The second-order valence-electron chi connectivity index (χ2n) is 2.06. The van der Waals surface area contributed by atoms with Crippen molar-refractivity contribution >= 4 is 40.7 Å². The number of hydrogen-bond acceptors (Lipinski definition) is 3. The quantitative estimate of drug-likeness (QED) is 0.445. The maximum atomic E-state index is 11.0. The number of nitrogens with zero attached hydrogens (tertiary/aromatic N) is 1. The normalized spacial score (nSPS) is 9.85. The van der Waals surface area contributed by atoms with Crippen LogP contribution in [-0.4, -0.2) is 10.9 Å². The number of aromatic nitrogens is 1. The maximum absolute atomic E-state index is 11.0. The third kappa shape index (κ3) is 2.03. The van der Waals surface area contributed by atoms with E-state index in [0.29, 0.717) is 0 Å². The van der Waals surface area contributed by atoms with Crippen LogP contribution in [0.2, 0.25) is 15.1 Å². The van der Waals surface area contributed by atoms with Crippen molar-refractivity contribution in [2.45, 2.75) is 0 Å². The molecule has 7 heteroatoms. The van der Waals surface area contributed by atoms with Crippen molar-refractivity contribution in [1.82, 2.24) is 10.4 Å². The Kier molecular flexibility index (Phi) is 3.33. The second-order valence-corrected chi connectivity index (χ2v) is 3.22. The van der Waals surface area contributed by atoms with Gasteiger partial charge in [0.25, 0.3) is 5.91 Å². The Morgan fingerprint density at radius 2 is 2.00 bits per heavy atom. The lowest BCUT2D eigenvalue weighted by Gasteiger charge is -2.03. The van der Waals surface area contributed by atoms with Crippen LogP contribution in [0.5, 0.6) is 0 Å². The molecular weight excluding hydrogens is 236 g/mol. The molecule has 1 aromatic rings. The summed E-state index contributed by atoms with van der Waals surface area (Å²) >= 11 is 16.9. The first-order chi connectivity index (χ1) is 6.07. The third-order valence-corrected chi connectivity index (χ3v) is 2.50. The van der Waals surface area contributed by atoms with Crippen LogP contribution >= 0.6 is 34.8 Å². The Balaban J connectivity index is 3.26. The van der Waals surface area contributed by atoms with Crippen molar-refractivity contribution in [1.29, 1.82) is 0 Å². The molecule has 1 heterocycles. The lowest BCUT2D eigenvalue weighted by Crippen LogP contribution is -2.31. The van der Waals surface area contributed by atoms with E-state index in [0.717, 1.165) is 0 Å². The number of rotatable bonds is 1. The number of pyridine rings is 1. The molecule has 0 unspecified atom stereocenters. The summed E-state index contributed by atoms with van der Waals surface area (Å²) in [6.45, 7) is 0. The summed E-state index contributed by atoms with van der Waals surface area (Å²) in [6, 6.07) is 0. The van der Waals surface area contributed by atoms with Crippen molar-refractivity contribution in [3.05, 3.63) is 27.0 Å². The average Bonchev–Trinajstić information content (AvgIpc) is 2.13. The number of nitrogen functional groups attached to an aromatic ring is 1. The molecule has 0 saturated carbocycles. The van der Waals surface area contributed by atoms with Gasteiger partial charge in [-0.3, -0.25) is 10.2 Å². The molecule has 1 rings (SSSR count). The van der Waals surface area contributed by atoms with Gasteiger partial charge in [-0.05, 0) is 0 Å². The molecule has 0 aliphatic heterocycles. The molecule has 0 atom stereocenters. The number of nitrogens with one attached hydrogen (secondary N) is 1. The van der Waals surface area contributed by atoms with E-state index in [1.807, 2.05) is 5.43 Å². The van der Waals surface area contributed by atoms with Gasteiger partial charge in [0.2, 0.25) is 0 Å². The highest BCUT2D eigenvalue weighted by molar-refractivity contribution is 6.48. The molecule has 1 aromatic heterocycles. The van der Waals surface area contributed by atoms with E-state index >= 15 is 0 Å². The third-order valence-electron chi connectivity index (χ3n) is 1.26. The van der Waals surface area contributed by atoms with Gasteiger partial charge in [0.05, 0.1) is 15.1 Å². The molecule has 0 aliphatic rings. The van der Waals surface area contributed by atoms with E-state index in [2.05, 4.69) is 4.98 Å². The number of hydrazine groups is 1. The maximum Gasteiger partial charge on any atom is 0.285 e. The van der Waals surface area contributed by atoms with Crippen LogP contribution in [0.15, 0.2) is 6.20 Å². The topological polar surface area (TPSA) is 68.0 Å². The van der Waals surface area contributed by atoms with E-state index in [-0.39, 0.29) is 20.8 Å². The van der Waals surface area contributed by atoms with Gasteiger partial charge in [-0.2, -0.15) is 0 Å². The van der Waals surface area contributed by atoms with Crippen molar-refractivity contribution < 1.29 is 4.79 Å². The molecule has 70 valence electrons. The summed E-state index contributed by atoms with van der Waals surface area (Å²) in [5.41, 5.74) is 1.82. The highest BCUT2D eigenvalue weighted by Gasteiger charge is 2.15. The fourth-order valence-corrected chi connectivity index (χ4v) is 1.24. The first-order valence-corrected chi connectivity index (χ1v) is 4.21. The number of nitrogens with two attached hydrogens (primary N) is 1. The Morgan fingerprint density at radius 3 is 2.54 bits per heavy atom. The van der Waals surface area contributed by atoms with E-state index < -0.39 is 5.91 Å². The Morgan fingerprint density at radius 1 is 1.38 bits per heavy atom. The molecule has 0 fully saturated rings. The van der Waals surface area contributed by atoms with Crippen LogP contribution in [0.3, 0.4) is 0 Å². The first-order valence-electron chi connectivity index (χ1n) is 3.08. The minimum absolute atomic E-state index is 0.0166. The van der Waals surface area contributed by atoms with Crippen LogP contribution in [0, 0.1) is 0 Å². The molecule has 0 aliphatic carbocycles. The fraction of sp³-hybridized carbons (Fsp3) is 0. The van der Waals surface area contributed by atoms with Gasteiger partial charge < -0.3 is 0 Å². The Bertz CT molecular complexity index is 355. The minimum atomic E-state index is -0.622. The second kappa shape index (κ2) is 4.11. The van der Waals surface area contributed by atoms with Crippen molar-refractivity contribution in [3.63, 3.8) is 0 Å². The zero-order chi connectivity index (χ0) is 10.0. The van der Waals surface area contributed by atoms with Crippen LogP contribution < -0.4 is 11.3 Å². The van der Waals surface area contributed by atoms with Crippen LogP contribution in [0.25, 0.3) is 0 Å². The standard InChI is InChI=1S/C6H4Cl3N3O/c7-2-1-11-5(6(13)12-10)4(9)3(2)8/h1H,10H2,(H,12,13). The van der Waals surface area contributed by atoms with Gasteiger partial charge in [0.15, 0.2) is 0 Å². The Hall–Kier alpha value is -0.550. The lowest BCUT2D eigenvalue weighted by atomic mass is 10.3. The zero-order valence-corrected chi connectivity index (χ0v) is 8.41. The fourth-order valence-electron chi connectivity index (χ4n) is 0.670. The summed E-state index contributed by atoms with van der Waals surface area (Å²) in [7, 11) is 0. The van der Waals surface area contributed by atoms with Gasteiger partial charge in [-0.15, -0.1) is 0 Å². The Labute approximate surface area is 88.9 Å². The number of halogens is 3. The number of amides is 1. The van der Waals surface area contributed by atoms with E-state index in [9.17, 15) is 4.79 Å². The number of hydrogen-bond donors (Lipinski definition) is 2. The molecule has 0 saturated heterocycles. The van der Waals surface area contributed by atoms with E-state index in [4.69, 9.17) is 40.6 Å². The molecule has 4 nitrogen and oxygen atoms in total. The van der Waals surface area contributed by atoms with Crippen LogP contribution in [0.1, 0.15) is 10.5 Å². The van der Waals surface area contributed by atoms with Gasteiger partial charge in [-0.1, -0.05) is 34.8 Å². The largest absolute Gasteiger partial charge is 0.289 e.